The Morgan fingerprint density at radius 2 is 2.05 bits per heavy atom. The lowest BCUT2D eigenvalue weighted by Gasteiger charge is -2.19. The van der Waals surface area contributed by atoms with E-state index >= 15 is 0 Å². The summed E-state index contributed by atoms with van der Waals surface area (Å²) in [6.07, 6.45) is 1.91. The molecule has 0 aliphatic carbocycles. The van der Waals surface area contributed by atoms with E-state index in [-0.39, 0.29) is 18.4 Å². The third-order valence-corrected chi connectivity index (χ3v) is 4.17. The molecule has 0 aliphatic rings. The first kappa shape index (κ1) is 16.9. The van der Waals surface area contributed by atoms with Crippen LogP contribution in [0.25, 0.3) is 0 Å². The Morgan fingerprint density at radius 3 is 2.64 bits per heavy atom. The van der Waals surface area contributed by atoms with Crippen molar-refractivity contribution in [2.45, 2.75) is 12.5 Å². The van der Waals surface area contributed by atoms with Crippen molar-refractivity contribution in [1.82, 2.24) is 5.32 Å². The molecule has 2 N–H and O–H groups in total. The van der Waals surface area contributed by atoms with Crippen molar-refractivity contribution in [1.29, 1.82) is 0 Å². The van der Waals surface area contributed by atoms with E-state index in [9.17, 15) is 4.79 Å². The number of benzene rings is 1. The second kappa shape index (κ2) is 7.68. The fourth-order valence-corrected chi connectivity index (χ4v) is 2.51. The maximum atomic E-state index is 12.1. The normalized spacial score (nSPS) is 12.4. The Balaban J connectivity index is 1.92. The highest BCUT2D eigenvalue weighted by molar-refractivity contribution is 6.42. The Morgan fingerprint density at radius 1 is 1.27 bits per heavy atom. The molecular weight excluding hydrogens is 323 g/mol. The summed E-state index contributed by atoms with van der Waals surface area (Å²) in [4.78, 5) is 13.3. The van der Waals surface area contributed by atoms with E-state index < -0.39 is 0 Å². The highest BCUT2D eigenvalue weighted by Crippen LogP contribution is 2.22. The van der Waals surface area contributed by atoms with Crippen LogP contribution in [-0.4, -0.2) is 26.5 Å². The lowest BCUT2D eigenvalue weighted by atomic mass is 10.1. The molecular formula is C16H19Cl2N2O2+. The van der Waals surface area contributed by atoms with Crippen LogP contribution in [0.3, 0.4) is 0 Å². The molecule has 1 heterocycles. The maximum Gasteiger partial charge on any atom is 0.224 e. The van der Waals surface area contributed by atoms with Gasteiger partial charge in [-0.3, -0.25) is 4.79 Å². The first-order valence-corrected chi connectivity index (χ1v) is 7.77. The number of likely N-dealkylation sites (N-methyl/N-ethyl adjacent to an activating group) is 1. The first-order chi connectivity index (χ1) is 10.5. The van der Waals surface area contributed by atoms with Gasteiger partial charge >= 0.3 is 0 Å². The van der Waals surface area contributed by atoms with Crippen molar-refractivity contribution in [2.24, 2.45) is 0 Å². The van der Waals surface area contributed by atoms with Gasteiger partial charge in [-0.05, 0) is 29.8 Å². The number of nitrogens with one attached hydrogen (secondary N) is 2. The first-order valence-electron chi connectivity index (χ1n) is 7.01. The highest BCUT2D eigenvalue weighted by Gasteiger charge is 2.21. The van der Waals surface area contributed by atoms with Gasteiger partial charge < -0.3 is 14.6 Å². The van der Waals surface area contributed by atoms with Crippen LogP contribution in [0.15, 0.2) is 41.0 Å². The van der Waals surface area contributed by atoms with Crippen LogP contribution in [0, 0.1) is 0 Å². The fraction of sp³-hybridized carbons (Fsp3) is 0.312. The van der Waals surface area contributed by atoms with Gasteiger partial charge in [0, 0.05) is 0 Å². The minimum atomic E-state index is -0.0591. The molecule has 118 valence electrons. The lowest BCUT2D eigenvalue weighted by Crippen LogP contribution is -3.07. The smallest absolute Gasteiger partial charge is 0.224 e. The largest absolute Gasteiger partial charge is 0.463 e. The number of hydrogen-bond acceptors (Lipinski definition) is 2. The summed E-state index contributed by atoms with van der Waals surface area (Å²) >= 11 is 11.8. The van der Waals surface area contributed by atoms with Gasteiger partial charge in [-0.2, -0.15) is 0 Å². The van der Waals surface area contributed by atoms with Crippen LogP contribution in [0.4, 0.5) is 0 Å². The standard InChI is InChI=1S/C16H18Cl2N2O2/c1-20(2)14(15-4-3-7-22-15)10-19-16(21)9-11-5-6-12(17)13(18)8-11/h3-8,14H,9-10H2,1-2H3,(H,19,21)/p+1/t14-/m1/s1. The molecule has 0 saturated heterocycles. The predicted octanol–water partition coefficient (Wildman–Crippen LogP) is 2.13. The summed E-state index contributed by atoms with van der Waals surface area (Å²) in [6.45, 7) is 0.510. The van der Waals surface area contributed by atoms with E-state index in [1.54, 1.807) is 24.5 Å². The molecule has 0 bridgehead atoms. The molecule has 4 nitrogen and oxygen atoms in total. The number of rotatable bonds is 6. The quantitative estimate of drug-likeness (QED) is 0.845. The Bertz CT molecular complexity index is 627. The highest BCUT2D eigenvalue weighted by atomic mass is 35.5. The summed E-state index contributed by atoms with van der Waals surface area (Å²) in [7, 11) is 4.05. The monoisotopic (exact) mass is 341 g/mol. The molecule has 0 radical (unpaired) electrons. The van der Waals surface area contributed by atoms with E-state index in [1.807, 2.05) is 26.2 Å². The summed E-state index contributed by atoms with van der Waals surface area (Å²) in [6, 6.07) is 9.06. The topological polar surface area (TPSA) is 46.7 Å². The van der Waals surface area contributed by atoms with Crippen LogP contribution in [0.2, 0.25) is 10.0 Å². The number of carbonyl (C=O) groups is 1. The van der Waals surface area contributed by atoms with Gasteiger partial charge in [-0.1, -0.05) is 29.3 Å². The maximum absolute atomic E-state index is 12.1. The number of amides is 1. The van der Waals surface area contributed by atoms with Crippen molar-refractivity contribution in [2.75, 3.05) is 20.6 Å². The second-order valence-corrected chi connectivity index (χ2v) is 6.19. The fourth-order valence-electron chi connectivity index (χ4n) is 2.19. The number of hydrogen-bond donors (Lipinski definition) is 2. The van der Waals surface area contributed by atoms with Crippen LogP contribution < -0.4 is 10.2 Å². The van der Waals surface area contributed by atoms with Crippen LogP contribution in [0.5, 0.6) is 0 Å². The molecule has 0 saturated carbocycles. The van der Waals surface area contributed by atoms with Gasteiger partial charge in [-0.15, -0.1) is 0 Å². The van der Waals surface area contributed by atoms with Crippen LogP contribution in [-0.2, 0) is 11.2 Å². The van der Waals surface area contributed by atoms with E-state index in [4.69, 9.17) is 27.6 Å². The van der Waals surface area contributed by atoms with E-state index in [0.29, 0.717) is 16.6 Å². The minimum Gasteiger partial charge on any atom is -0.463 e. The number of furan rings is 1. The number of quaternary nitrogens is 1. The molecule has 6 heteroatoms. The molecule has 1 amide bonds. The van der Waals surface area contributed by atoms with Gasteiger partial charge in [0.25, 0.3) is 0 Å². The molecule has 0 aliphatic heterocycles. The average Bonchev–Trinajstić information content (AvgIpc) is 2.97. The summed E-state index contributed by atoms with van der Waals surface area (Å²) < 4.78 is 5.43. The van der Waals surface area contributed by atoms with Crippen LogP contribution >= 0.6 is 23.2 Å². The minimum absolute atomic E-state index is 0.0591. The molecule has 2 aromatic rings. The van der Waals surface area contributed by atoms with Crippen molar-refractivity contribution in [3.05, 3.63) is 58.0 Å². The van der Waals surface area contributed by atoms with Gasteiger partial charge in [0.05, 0.1) is 43.4 Å². The summed E-state index contributed by atoms with van der Waals surface area (Å²) in [5, 5.41) is 3.88. The molecule has 1 atom stereocenters. The van der Waals surface area contributed by atoms with Gasteiger partial charge in [-0.25, -0.2) is 0 Å². The predicted molar refractivity (Wildman–Crippen MR) is 87.4 cm³/mol. The summed E-state index contributed by atoms with van der Waals surface area (Å²) in [5.74, 6) is 0.797. The molecule has 2 rings (SSSR count). The van der Waals surface area contributed by atoms with Crippen molar-refractivity contribution in [3.8, 4) is 0 Å². The Kier molecular flexibility index (Phi) is 5.89. The van der Waals surface area contributed by atoms with Crippen molar-refractivity contribution >= 4 is 29.1 Å². The third kappa shape index (κ3) is 4.50. The lowest BCUT2D eigenvalue weighted by molar-refractivity contribution is -0.891. The van der Waals surface area contributed by atoms with Gasteiger partial charge in [0.1, 0.15) is 0 Å². The van der Waals surface area contributed by atoms with E-state index in [2.05, 4.69) is 5.32 Å². The molecule has 0 fully saturated rings. The molecule has 22 heavy (non-hydrogen) atoms. The van der Waals surface area contributed by atoms with Crippen molar-refractivity contribution < 1.29 is 14.1 Å². The zero-order chi connectivity index (χ0) is 16.1. The molecule has 0 unspecified atom stereocenters. The van der Waals surface area contributed by atoms with E-state index in [1.165, 1.54) is 4.90 Å². The number of halogens is 2. The third-order valence-electron chi connectivity index (χ3n) is 3.44. The van der Waals surface area contributed by atoms with Crippen LogP contribution in [0.1, 0.15) is 17.4 Å². The van der Waals surface area contributed by atoms with Gasteiger partial charge in [0.15, 0.2) is 11.8 Å². The Hall–Kier alpha value is -1.49. The van der Waals surface area contributed by atoms with E-state index in [0.717, 1.165) is 11.3 Å². The average molecular weight is 342 g/mol. The summed E-state index contributed by atoms with van der Waals surface area (Å²) in [5.41, 5.74) is 0.832. The second-order valence-electron chi connectivity index (χ2n) is 5.37. The van der Waals surface area contributed by atoms with Gasteiger partial charge in [0.2, 0.25) is 5.91 Å². The zero-order valence-electron chi connectivity index (χ0n) is 12.5. The Labute approximate surface area is 140 Å². The zero-order valence-corrected chi connectivity index (χ0v) is 14.0. The number of carbonyl (C=O) groups excluding carboxylic acids is 1. The molecule has 0 spiro atoms. The van der Waals surface area contributed by atoms with Crippen molar-refractivity contribution in [3.63, 3.8) is 0 Å². The molecule has 1 aromatic heterocycles. The molecule has 1 aromatic carbocycles. The SMILES string of the molecule is C[NH+](C)[C@H](CNC(=O)Cc1ccc(Cl)c(Cl)c1)c1ccco1.